The zero-order valence-electron chi connectivity index (χ0n) is 39.4. The molecule has 1 aromatic heterocycles. The Bertz CT molecular complexity index is 3270. The molecule has 1 aliphatic carbocycles. The Kier molecular flexibility index (Phi) is 12.7. The Morgan fingerprint density at radius 3 is 2.29 bits per heavy atom. The van der Waals surface area contributed by atoms with Crippen LogP contribution in [0.5, 0.6) is 5.75 Å². The van der Waals surface area contributed by atoms with Gasteiger partial charge in [0.25, 0.3) is 0 Å². The summed E-state index contributed by atoms with van der Waals surface area (Å²) in [5.74, 6) is 3.51. The maximum Gasteiger partial charge on any atom is 0.329 e. The number of rotatable bonds is 10. The summed E-state index contributed by atoms with van der Waals surface area (Å²) in [4.78, 5) is 71.7. The summed E-state index contributed by atoms with van der Waals surface area (Å²) < 4.78 is 13.6. The molecule has 12 nitrogen and oxygen atoms in total. The average Bonchev–Trinajstić information content (AvgIpc) is 4.06. The molecule has 0 bridgehead atoms. The first-order chi connectivity index (χ1) is 35.2. The molecule has 2 fully saturated rings. The lowest BCUT2D eigenvalue weighted by Gasteiger charge is -2.46. The number of esters is 1. The number of imide groups is 1. The van der Waals surface area contributed by atoms with Gasteiger partial charge in [0.05, 0.1) is 46.6 Å². The maximum atomic E-state index is 16.8. The number of fused-ring (bicyclic) bond motifs is 4. The van der Waals surface area contributed by atoms with E-state index in [1.54, 1.807) is 30.3 Å². The molecular weight excluding hydrogens is 923 g/mol. The molecule has 3 N–H and O–H groups in total. The molecule has 0 unspecified atom stereocenters. The summed E-state index contributed by atoms with van der Waals surface area (Å²) in [6.07, 6.45) is 5.15. The van der Waals surface area contributed by atoms with Crippen LogP contribution in [0.15, 0.2) is 169 Å². The summed E-state index contributed by atoms with van der Waals surface area (Å²) >= 11 is 1.27. The van der Waals surface area contributed by atoms with Crippen molar-refractivity contribution in [2.75, 3.05) is 23.4 Å². The normalized spacial score (nSPS) is 22.8. The Morgan fingerprint density at radius 2 is 1.56 bits per heavy atom. The van der Waals surface area contributed by atoms with Crippen molar-refractivity contribution in [2.24, 2.45) is 5.92 Å². The predicted molar refractivity (Wildman–Crippen MR) is 276 cm³/mol. The van der Waals surface area contributed by atoms with Gasteiger partial charge in [0, 0.05) is 5.56 Å². The number of cyclic esters (lactones) is 1. The molecule has 4 amide bonds. The summed E-state index contributed by atoms with van der Waals surface area (Å²) in [6.45, 7) is 1.58. The highest BCUT2D eigenvalue weighted by Gasteiger charge is 2.75. The van der Waals surface area contributed by atoms with E-state index in [0.29, 0.717) is 33.5 Å². The Balaban J connectivity index is 1.20. The third-order valence-electron chi connectivity index (χ3n) is 14.3. The summed E-state index contributed by atoms with van der Waals surface area (Å²) in [5, 5.41) is 16.4. The second-order valence-electron chi connectivity index (χ2n) is 18.6. The quantitative estimate of drug-likeness (QED) is 0.0899. The number of aromatic nitrogens is 1. The second kappa shape index (κ2) is 19.7. The smallest absolute Gasteiger partial charge is 0.329 e. The van der Waals surface area contributed by atoms with Crippen molar-refractivity contribution in [3.8, 4) is 17.6 Å². The first-order valence-electron chi connectivity index (χ1n) is 24.4. The minimum absolute atomic E-state index is 0.0123. The Hall–Kier alpha value is -7.89. The predicted octanol–water partition coefficient (Wildman–Crippen LogP) is 10.3. The highest BCUT2D eigenvalue weighted by molar-refractivity contribution is 7.22. The second-order valence-corrected chi connectivity index (χ2v) is 19.6. The van der Waals surface area contributed by atoms with Gasteiger partial charge in [0.1, 0.15) is 29.9 Å². The Labute approximate surface area is 421 Å². The zero-order valence-corrected chi connectivity index (χ0v) is 40.3. The average molecular weight is 974 g/mol. The van der Waals surface area contributed by atoms with Crippen molar-refractivity contribution in [1.82, 2.24) is 15.2 Å². The molecule has 3 aliphatic heterocycles. The van der Waals surface area contributed by atoms with Gasteiger partial charge in [-0.05, 0) is 108 Å². The Morgan fingerprint density at radius 1 is 0.833 bits per heavy atom. The van der Waals surface area contributed by atoms with Gasteiger partial charge in [-0.3, -0.25) is 19.3 Å². The number of aliphatic hydroxyl groups is 1. The van der Waals surface area contributed by atoms with Crippen molar-refractivity contribution in [3.05, 3.63) is 203 Å². The molecular formula is C59H51N5O7S. The highest BCUT2D eigenvalue weighted by atomic mass is 32.1. The number of para-hydroxylation sites is 1. The van der Waals surface area contributed by atoms with Crippen LogP contribution in [0.2, 0.25) is 0 Å². The van der Waals surface area contributed by atoms with E-state index in [1.807, 2.05) is 139 Å². The first kappa shape index (κ1) is 46.5. The van der Waals surface area contributed by atoms with Gasteiger partial charge in [-0.1, -0.05) is 145 Å². The number of nitrogens with zero attached hydrogens (tertiary/aromatic N) is 3. The number of thiazole rings is 1. The number of morpholine rings is 1. The van der Waals surface area contributed by atoms with Crippen molar-refractivity contribution in [2.45, 2.75) is 68.3 Å². The number of anilines is 2. The fourth-order valence-electron chi connectivity index (χ4n) is 11.2. The maximum absolute atomic E-state index is 16.8. The lowest BCUT2D eigenvalue weighted by Crippen LogP contribution is -2.55. The third kappa shape index (κ3) is 8.31. The van der Waals surface area contributed by atoms with Gasteiger partial charge < -0.3 is 25.2 Å². The van der Waals surface area contributed by atoms with Crippen molar-refractivity contribution >= 4 is 56.2 Å². The molecule has 7 aromatic rings. The van der Waals surface area contributed by atoms with E-state index in [4.69, 9.17) is 14.5 Å². The van der Waals surface area contributed by atoms with Crippen molar-refractivity contribution < 1.29 is 33.8 Å². The number of carbonyl (C=O) groups excluding carboxylic acids is 4. The van der Waals surface area contributed by atoms with E-state index >= 15 is 19.2 Å². The van der Waals surface area contributed by atoms with Crippen LogP contribution in [-0.4, -0.2) is 58.1 Å². The van der Waals surface area contributed by atoms with E-state index in [1.165, 1.54) is 11.3 Å². The molecule has 360 valence electrons. The highest BCUT2D eigenvalue weighted by Crippen LogP contribution is 2.66. The van der Waals surface area contributed by atoms with Crippen LogP contribution >= 0.6 is 11.3 Å². The summed E-state index contributed by atoms with van der Waals surface area (Å²) in [7, 11) is 0. The lowest BCUT2D eigenvalue weighted by atomic mass is 9.65. The van der Waals surface area contributed by atoms with E-state index < -0.39 is 65.4 Å². The first-order valence-corrected chi connectivity index (χ1v) is 25.2. The standard InChI is InChI=1S/C59H51N5O7S/c1-37(40-19-8-3-9-20-40)60-58(69)63-47-32-31-39(30-29-38-17-6-2-7-18-38)35-45(47)59(56(63)68)49(54(66)62-57-61-46-27-14-15-28-48(46)72-57)51-55(67)71-52(42-23-12-5-13-24-42)50(41-21-10-4-11-22-41)64(51)53(59)43-25-16-26-44(36-43)70-34-33-65/h3-5,8-17,19-28,31-32,35-37,49-53,65H,2,6-7,18,33-34H2,1H3,(H,60,69)(H,61,62,66)/t37-,49-,50-,51-,52+,53+,59-/m1/s1. The van der Waals surface area contributed by atoms with Crippen LogP contribution in [0, 0.1) is 17.8 Å². The number of urea groups is 1. The molecule has 0 radical (unpaired) electrons. The van der Waals surface area contributed by atoms with Crippen LogP contribution in [0.4, 0.5) is 15.6 Å². The van der Waals surface area contributed by atoms with Crippen LogP contribution in [-0.2, 0) is 24.5 Å². The monoisotopic (exact) mass is 973 g/mol. The van der Waals surface area contributed by atoms with Gasteiger partial charge in [0.15, 0.2) is 5.13 Å². The number of amides is 4. The molecule has 4 heterocycles. The third-order valence-corrected chi connectivity index (χ3v) is 15.3. The molecule has 4 aliphatic rings. The molecule has 0 saturated carbocycles. The van der Waals surface area contributed by atoms with E-state index in [0.717, 1.165) is 52.0 Å². The number of aliphatic hydroxyl groups excluding tert-OH is 1. The van der Waals surface area contributed by atoms with Crippen molar-refractivity contribution in [1.29, 1.82) is 0 Å². The number of benzene rings is 6. The largest absolute Gasteiger partial charge is 0.491 e. The molecule has 13 heteroatoms. The molecule has 6 aromatic carbocycles. The SMILES string of the molecule is C[C@@H](NC(=O)N1C(=O)[C@@]2(c3cc(C#CC4=CCCCC4)ccc31)[C@H](c1cccc(OCCO)c1)N1[C@H](c3ccccc3)[C@H](c3ccccc3)OC(=O)[C@H]1[C@@H]2C(=O)Nc1nc2ccccc2s1)c1ccccc1. The van der Waals surface area contributed by atoms with Gasteiger partial charge in [0.2, 0.25) is 11.8 Å². The van der Waals surface area contributed by atoms with Gasteiger partial charge in [-0.15, -0.1) is 0 Å². The molecule has 7 atom stereocenters. The number of allylic oxidation sites excluding steroid dienone is 2. The van der Waals surface area contributed by atoms with Crippen LogP contribution in [0.3, 0.4) is 0 Å². The molecule has 72 heavy (non-hydrogen) atoms. The van der Waals surface area contributed by atoms with E-state index in [2.05, 4.69) is 28.6 Å². The van der Waals surface area contributed by atoms with E-state index in [9.17, 15) is 5.11 Å². The minimum atomic E-state index is -2.04. The van der Waals surface area contributed by atoms with Crippen LogP contribution < -0.4 is 20.3 Å². The number of nitrogens with one attached hydrogen (secondary N) is 2. The fourth-order valence-corrected chi connectivity index (χ4v) is 12.1. The number of hydrogen-bond donors (Lipinski definition) is 3. The van der Waals surface area contributed by atoms with E-state index in [-0.39, 0.29) is 24.0 Å². The number of carbonyl (C=O) groups is 4. The summed E-state index contributed by atoms with van der Waals surface area (Å²) in [5.41, 5.74) is 3.62. The van der Waals surface area contributed by atoms with Gasteiger partial charge in [-0.2, -0.15) is 0 Å². The number of hydrogen-bond acceptors (Lipinski definition) is 10. The lowest BCUT2D eigenvalue weighted by molar-refractivity contribution is -0.177. The molecule has 2 saturated heterocycles. The van der Waals surface area contributed by atoms with Crippen molar-refractivity contribution in [3.63, 3.8) is 0 Å². The zero-order chi connectivity index (χ0) is 49.3. The van der Waals surface area contributed by atoms with Gasteiger partial charge in [-0.25, -0.2) is 14.7 Å². The number of ether oxygens (including phenoxy) is 2. The fraction of sp³-hybridized carbons (Fsp3) is 0.237. The minimum Gasteiger partial charge on any atom is -0.491 e. The van der Waals surface area contributed by atoms with Crippen LogP contribution in [0.1, 0.15) is 90.2 Å². The van der Waals surface area contributed by atoms with Crippen LogP contribution in [0.25, 0.3) is 10.2 Å². The topological polar surface area (TPSA) is 150 Å². The van der Waals surface area contributed by atoms with Gasteiger partial charge >= 0.3 is 12.0 Å². The molecule has 1 spiro atoms. The molecule has 11 rings (SSSR count). The summed E-state index contributed by atoms with van der Waals surface area (Å²) in [6, 6.07) is 44.0.